The van der Waals surface area contributed by atoms with E-state index in [2.05, 4.69) is 0 Å². The number of aliphatic hydroxyl groups is 1. The Morgan fingerprint density at radius 2 is 2.23 bits per heavy atom. The largest absolute Gasteiger partial charge is 0.391 e. The third-order valence-electron chi connectivity index (χ3n) is 1.90. The molecular weight excluding hydrogens is 194 g/mol. The molecule has 1 fully saturated rings. The van der Waals surface area contributed by atoms with Crippen LogP contribution >= 0.6 is 0 Å². The molecule has 0 aromatic carbocycles. The molecule has 1 heterocycles. The van der Waals surface area contributed by atoms with Crippen LogP contribution in [0.4, 0.5) is 0 Å². The summed E-state index contributed by atoms with van der Waals surface area (Å²) in [5.74, 6) is -0.876. The zero-order valence-corrected chi connectivity index (χ0v) is 8.25. The molecule has 1 N–H and O–H groups in total. The van der Waals surface area contributed by atoms with Gasteiger partial charge in [-0.1, -0.05) is 0 Å². The number of rotatable bonds is 2. The van der Waals surface area contributed by atoms with Crippen LogP contribution in [-0.4, -0.2) is 55.5 Å². The van der Waals surface area contributed by atoms with Crippen molar-refractivity contribution in [1.82, 2.24) is 4.90 Å². The number of carbonyl (C=O) groups excluding carboxylic acids is 1. The van der Waals surface area contributed by atoms with E-state index in [1.165, 1.54) is 4.90 Å². The Balaban J connectivity index is 2.50. The van der Waals surface area contributed by atoms with Gasteiger partial charge in [0, 0.05) is 19.3 Å². The average molecular weight is 207 g/mol. The highest BCUT2D eigenvalue weighted by molar-refractivity contribution is 7.91. The fourth-order valence-corrected chi connectivity index (χ4v) is 1.92. The second-order valence-electron chi connectivity index (χ2n) is 3.35. The lowest BCUT2D eigenvalue weighted by Crippen LogP contribution is -2.34. The minimum atomic E-state index is -3.25. The van der Waals surface area contributed by atoms with E-state index in [-0.39, 0.29) is 6.54 Å². The fourth-order valence-electron chi connectivity index (χ4n) is 1.28. The molecule has 5 nitrogen and oxygen atoms in total. The molecule has 13 heavy (non-hydrogen) atoms. The van der Waals surface area contributed by atoms with Gasteiger partial charge >= 0.3 is 0 Å². The molecule has 1 rings (SSSR count). The molecule has 0 radical (unpaired) electrons. The summed E-state index contributed by atoms with van der Waals surface area (Å²) in [7, 11) is -3.25. The second kappa shape index (κ2) is 3.63. The number of amides is 1. The number of carbonyl (C=O) groups is 1. The molecule has 76 valence electrons. The van der Waals surface area contributed by atoms with Crippen LogP contribution in [0, 0.1) is 0 Å². The van der Waals surface area contributed by atoms with E-state index in [4.69, 9.17) is 5.11 Å². The van der Waals surface area contributed by atoms with Gasteiger partial charge < -0.3 is 10.0 Å². The summed E-state index contributed by atoms with van der Waals surface area (Å²) in [5, 5.41) is 9.10. The van der Waals surface area contributed by atoms with Crippen molar-refractivity contribution in [3.63, 3.8) is 0 Å². The highest BCUT2D eigenvalue weighted by Crippen LogP contribution is 2.09. The Kier molecular flexibility index (Phi) is 2.92. The van der Waals surface area contributed by atoms with Gasteiger partial charge in [-0.15, -0.1) is 0 Å². The topological polar surface area (TPSA) is 74.7 Å². The minimum Gasteiger partial charge on any atom is -0.391 e. The zero-order valence-electron chi connectivity index (χ0n) is 7.43. The first kappa shape index (κ1) is 10.5. The van der Waals surface area contributed by atoms with Gasteiger partial charge in [0.15, 0.2) is 9.84 Å². The van der Waals surface area contributed by atoms with E-state index < -0.39 is 27.6 Å². The summed E-state index contributed by atoms with van der Waals surface area (Å²) in [5.41, 5.74) is 0. The molecule has 0 spiro atoms. The number of aliphatic hydroxyl groups excluding tert-OH is 1. The monoisotopic (exact) mass is 207 g/mol. The van der Waals surface area contributed by atoms with Crippen molar-refractivity contribution >= 4 is 15.7 Å². The first-order chi connectivity index (χ1) is 5.88. The van der Waals surface area contributed by atoms with Crippen LogP contribution in [-0.2, 0) is 14.6 Å². The van der Waals surface area contributed by atoms with Crippen molar-refractivity contribution in [2.75, 3.05) is 25.1 Å². The summed E-state index contributed by atoms with van der Waals surface area (Å²) in [6.45, 7) is 0.712. The standard InChI is InChI=1S/C7H13NO4S/c1-13(11,12)5-7(10)8-3-2-6(9)4-8/h6,9H,2-5H2,1H3/t6-/m0/s1. The van der Waals surface area contributed by atoms with Crippen LogP contribution in [0.3, 0.4) is 0 Å². The molecule has 1 amide bonds. The van der Waals surface area contributed by atoms with Crippen molar-refractivity contribution in [3.05, 3.63) is 0 Å². The first-order valence-electron chi connectivity index (χ1n) is 4.02. The number of likely N-dealkylation sites (tertiary alicyclic amines) is 1. The molecule has 0 unspecified atom stereocenters. The molecule has 6 heteroatoms. The van der Waals surface area contributed by atoms with E-state index in [0.29, 0.717) is 13.0 Å². The van der Waals surface area contributed by atoms with Crippen LogP contribution in [0.1, 0.15) is 6.42 Å². The Bertz CT molecular complexity index is 298. The summed E-state index contributed by atoms with van der Waals surface area (Å²) in [6, 6.07) is 0. The normalized spacial score (nSPS) is 23.5. The molecule has 0 aliphatic carbocycles. The molecule has 0 aromatic rings. The van der Waals surface area contributed by atoms with Crippen LogP contribution < -0.4 is 0 Å². The van der Waals surface area contributed by atoms with E-state index in [1.807, 2.05) is 0 Å². The van der Waals surface area contributed by atoms with Crippen molar-refractivity contribution in [3.8, 4) is 0 Å². The Labute approximate surface area is 77.3 Å². The molecule has 1 saturated heterocycles. The molecule has 1 atom stereocenters. The van der Waals surface area contributed by atoms with Gasteiger partial charge in [-0.2, -0.15) is 0 Å². The predicted molar refractivity (Wildman–Crippen MR) is 46.9 cm³/mol. The molecular formula is C7H13NO4S. The fraction of sp³-hybridized carbons (Fsp3) is 0.857. The smallest absolute Gasteiger partial charge is 0.237 e. The van der Waals surface area contributed by atoms with Gasteiger partial charge in [-0.25, -0.2) is 8.42 Å². The average Bonchev–Trinajstić information content (AvgIpc) is 2.31. The second-order valence-corrected chi connectivity index (χ2v) is 5.49. The Hall–Kier alpha value is -0.620. The number of sulfone groups is 1. The highest BCUT2D eigenvalue weighted by Gasteiger charge is 2.26. The molecule has 0 aromatic heterocycles. The lowest BCUT2D eigenvalue weighted by atomic mass is 10.3. The van der Waals surface area contributed by atoms with Crippen LogP contribution in [0.2, 0.25) is 0 Å². The Morgan fingerprint density at radius 3 is 2.62 bits per heavy atom. The molecule has 1 aliphatic rings. The van der Waals surface area contributed by atoms with Gasteiger partial charge in [0.1, 0.15) is 5.75 Å². The lowest BCUT2D eigenvalue weighted by Gasteiger charge is -2.14. The zero-order chi connectivity index (χ0) is 10.1. The maximum Gasteiger partial charge on any atom is 0.237 e. The van der Waals surface area contributed by atoms with Gasteiger partial charge in [0.25, 0.3) is 0 Å². The van der Waals surface area contributed by atoms with E-state index >= 15 is 0 Å². The van der Waals surface area contributed by atoms with Gasteiger partial charge in [-0.3, -0.25) is 4.79 Å². The summed E-state index contributed by atoms with van der Waals surface area (Å²) in [6.07, 6.45) is 1.07. The molecule has 0 saturated carbocycles. The maximum atomic E-state index is 11.2. The van der Waals surface area contributed by atoms with E-state index in [0.717, 1.165) is 6.26 Å². The Morgan fingerprint density at radius 1 is 1.62 bits per heavy atom. The number of hydrogen-bond donors (Lipinski definition) is 1. The molecule has 1 aliphatic heterocycles. The summed E-state index contributed by atoms with van der Waals surface area (Å²) >= 11 is 0. The first-order valence-corrected chi connectivity index (χ1v) is 6.08. The summed E-state index contributed by atoms with van der Waals surface area (Å²) in [4.78, 5) is 12.6. The minimum absolute atomic E-state index is 0.258. The van der Waals surface area contributed by atoms with Crippen LogP contribution in [0.15, 0.2) is 0 Å². The van der Waals surface area contributed by atoms with Gasteiger partial charge in [0.05, 0.1) is 6.10 Å². The van der Waals surface area contributed by atoms with E-state index in [9.17, 15) is 13.2 Å². The van der Waals surface area contributed by atoms with Gasteiger partial charge in [0.2, 0.25) is 5.91 Å². The number of hydrogen-bond acceptors (Lipinski definition) is 4. The number of nitrogens with zero attached hydrogens (tertiary/aromatic N) is 1. The van der Waals surface area contributed by atoms with Crippen LogP contribution in [0.25, 0.3) is 0 Å². The maximum absolute atomic E-state index is 11.2. The predicted octanol–water partition coefficient (Wildman–Crippen LogP) is -1.38. The van der Waals surface area contributed by atoms with Crippen molar-refractivity contribution in [1.29, 1.82) is 0 Å². The van der Waals surface area contributed by atoms with Gasteiger partial charge in [-0.05, 0) is 6.42 Å². The highest BCUT2D eigenvalue weighted by atomic mass is 32.2. The number of β-amino-alcohol motifs (C(OH)–C–C–N with tert-alkyl or cyclic N) is 1. The van der Waals surface area contributed by atoms with Crippen molar-refractivity contribution in [2.45, 2.75) is 12.5 Å². The third kappa shape index (κ3) is 3.31. The quantitative estimate of drug-likeness (QED) is 0.606. The summed E-state index contributed by atoms with van der Waals surface area (Å²) < 4.78 is 21.5. The lowest BCUT2D eigenvalue weighted by molar-refractivity contribution is -0.127. The van der Waals surface area contributed by atoms with Crippen molar-refractivity contribution < 1.29 is 18.3 Å². The van der Waals surface area contributed by atoms with Crippen LogP contribution in [0.5, 0.6) is 0 Å². The third-order valence-corrected chi connectivity index (χ3v) is 2.67. The molecule has 0 bridgehead atoms. The van der Waals surface area contributed by atoms with E-state index in [1.54, 1.807) is 0 Å². The SMILES string of the molecule is CS(=O)(=O)CC(=O)N1CC[C@H](O)C1. The van der Waals surface area contributed by atoms with Crippen molar-refractivity contribution in [2.24, 2.45) is 0 Å².